The van der Waals surface area contributed by atoms with Crippen LogP contribution in [-0.4, -0.2) is 49.7 Å². The van der Waals surface area contributed by atoms with Crippen molar-refractivity contribution in [3.8, 4) is 0 Å². The highest BCUT2D eigenvalue weighted by Gasteiger charge is 2.39. The van der Waals surface area contributed by atoms with Crippen molar-refractivity contribution in [3.63, 3.8) is 0 Å². The second-order valence-corrected chi connectivity index (χ2v) is 16.4. The summed E-state index contributed by atoms with van der Waals surface area (Å²) in [4.78, 5) is 24.8. The molecule has 5 nitrogen and oxygen atoms in total. The van der Waals surface area contributed by atoms with E-state index in [1.807, 2.05) is 21.1 Å². The van der Waals surface area contributed by atoms with E-state index in [9.17, 15) is 14.7 Å². The molecule has 1 unspecified atom stereocenters. The fourth-order valence-corrected chi connectivity index (χ4v) is 7.40. The normalized spacial score (nSPS) is 13.1. The SMILES string of the molecule is CCCCCCCCCCCCCCCCCCC(CC(=O)[O-])(C[N+](C)(C)C)OC(=O)CCCCCCCCCCCCCCCCC. The van der Waals surface area contributed by atoms with Crippen molar-refractivity contribution >= 4 is 11.9 Å². The third-order valence-corrected chi connectivity index (χ3v) is 10.0. The highest BCUT2D eigenvalue weighted by molar-refractivity contribution is 5.71. The zero-order valence-corrected chi connectivity index (χ0v) is 33.3. The van der Waals surface area contributed by atoms with E-state index in [-0.39, 0.29) is 12.4 Å². The number of unbranched alkanes of at least 4 members (excludes halogenated alkanes) is 29. The van der Waals surface area contributed by atoms with E-state index < -0.39 is 11.6 Å². The fourth-order valence-electron chi connectivity index (χ4n) is 7.40. The fraction of sp³-hybridized carbons (Fsp3) is 0.953. The van der Waals surface area contributed by atoms with Crippen molar-refractivity contribution in [1.29, 1.82) is 0 Å². The Hall–Kier alpha value is -1.10. The smallest absolute Gasteiger partial charge is 0.306 e. The lowest BCUT2D eigenvalue weighted by Crippen LogP contribution is -2.54. The van der Waals surface area contributed by atoms with Gasteiger partial charge in [-0.3, -0.25) is 4.79 Å². The van der Waals surface area contributed by atoms with Crippen molar-refractivity contribution in [3.05, 3.63) is 0 Å². The second kappa shape index (κ2) is 33.1. The van der Waals surface area contributed by atoms with E-state index in [2.05, 4.69) is 13.8 Å². The van der Waals surface area contributed by atoms with Gasteiger partial charge in [0.1, 0.15) is 6.54 Å². The van der Waals surface area contributed by atoms with Crippen molar-refractivity contribution in [1.82, 2.24) is 0 Å². The van der Waals surface area contributed by atoms with Gasteiger partial charge in [-0.25, -0.2) is 0 Å². The van der Waals surface area contributed by atoms with Gasteiger partial charge in [0.15, 0.2) is 5.60 Å². The van der Waals surface area contributed by atoms with Gasteiger partial charge >= 0.3 is 5.97 Å². The number of carbonyl (C=O) groups is 2. The van der Waals surface area contributed by atoms with Crippen LogP contribution in [0.25, 0.3) is 0 Å². The molecule has 0 aromatic rings. The van der Waals surface area contributed by atoms with Gasteiger partial charge in [0.05, 0.1) is 21.1 Å². The number of hydrogen-bond donors (Lipinski definition) is 0. The van der Waals surface area contributed by atoms with Gasteiger partial charge in [-0.2, -0.15) is 0 Å². The Morgan fingerprint density at radius 1 is 0.479 bits per heavy atom. The van der Waals surface area contributed by atoms with Gasteiger partial charge in [-0.15, -0.1) is 0 Å². The zero-order valence-electron chi connectivity index (χ0n) is 33.3. The zero-order chi connectivity index (χ0) is 35.6. The minimum atomic E-state index is -1.13. The molecule has 0 rings (SSSR count). The number of ether oxygens (including phenoxy) is 1. The van der Waals surface area contributed by atoms with Crippen molar-refractivity contribution in [2.45, 2.75) is 238 Å². The first kappa shape index (κ1) is 46.9. The number of carboxylic acids is 1. The molecule has 0 aliphatic rings. The monoisotopic (exact) mass is 680 g/mol. The molecule has 0 aromatic carbocycles. The van der Waals surface area contributed by atoms with Crippen LogP contribution in [0.4, 0.5) is 0 Å². The van der Waals surface area contributed by atoms with Crippen LogP contribution in [0.1, 0.15) is 232 Å². The Bertz CT molecular complexity index is 718. The first-order valence-electron chi connectivity index (χ1n) is 21.4. The standard InChI is InChI=1S/C43H85NO4/c1-6-8-10-12-14-16-18-20-22-24-26-28-30-32-34-36-38-43(39-41(45)46,40-44(3,4)5)48-42(47)37-35-33-31-29-27-25-23-21-19-17-15-13-11-9-7-2/h6-40H2,1-5H3. The maximum Gasteiger partial charge on any atom is 0.306 e. The summed E-state index contributed by atoms with van der Waals surface area (Å²) in [5.41, 5.74) is -0.986. The Kier molecular flexibility index (Phi) is 32.3. The number of carbonyl (C=O) groups excluding carboxylic acids is 2. The highest BCUT2D eigenvalue weighted by Crippen LogP contribution is 2.28. The van der Waals surface area contributed by atoms with Crippen LogP contribution in [0.5, 0.6) is 0 Å². The Morgan fingerprint density at radius 3 is 1.06 bits per heavy atom. The molecule has 5 heteroatoms. The van der Waals surface area contributed by atoms with E-state index >= 15 is 0 Å². The maximum absolute atomic E-state index is 13.0. The van der Waals surface area contributed by atoms with E-state index in [0.717, 1.165) is 38.5 Å². The Labute approximate surface area is 300 Å². The molecule has 0 aliphatic heterocycles. The first-order valence-corrected chi connectivity index (χ1v) is 21.4. The third-order valence-electron chi connectivity index (χ3n) is 10.0. The van der Waals surface area contributed by atoms with Crippen LogP contribution in [-0.2, 0) is 14.3 Å². The van der Waals surface area contributed by atoms with Gasteiger partial charge in [0, 0.05) is 18.8 Å². The highest BCUT2D eigenvalue weighted by atomic mass is 16.6. The Balaban J connectivity index is 4.20. The topological polar surface area (TPSA) is 66.4 Å². The molecule has 0 aromatic heterocycles. The molecule has 0 saturated heterocycles. The van der Waals surface area contributed by atoms with Gasteiger partial charge in [-0.1, -0.05) is 200 Å². The van der Waals surface area contributed by atoms with Gasteiger partial charge in [-0.05, 0) is 19.3 Å². The molecule has 0 amide bonds. The summed E-state index contributed by atoms with van der Waals surface area (Å²) >= 11 is 0. The van der Waals surface area contributed by atoms with E-state index in [0.29, 0.717) is 23.9 Å². The number of quaternary nitrogens is 1. The molecule has 286 valence electrons. The third kappa shape index (κ3) is 33.4. The summed E-state index contributed by atoms with van der Waals surface area (Å²) in [7, 11) is 6.13. The van der Waals surface area contributed by atoms with Gasteiger partial charge in [0.25, 0.3) is 0 Å². The second-order valence-electron chi connectivity index (χ2n) is 16.4. The summed E-state index contributed by atoms with van der Waals surface area (Å²) in [6.45, 7) is 5.04. The lowest BCUT2D eigenvalue weighted by atomic mass is 9.90. The lowest BCUT2D eigenvalue weighted by molar-refractivity contribution is -0.876. The van der Waals surface area contributed by atoms with Crippen LogP contribution in [0, 0.1) is 0 Å². The molecule has 0 aliphatic carbocycles. The largest absolute Gasteiger partial charge is 0.550 e. The van der Waals surface area contributed by atoms with Crippen molar-refractivity contribution in [2.75, 3.05) is 27.7 Å². The number of rotatable bonds is 38. The number of hydrogen-bond acceptors (Lipinski definition) is 4. The number of likely N-dealkylation sites (N-methyl/N-ethyl adjacent to an activating group) is 1. The summed E-state index contributed by atoms with van der Waals surface area (Å²) < 4.78 is 6.65. The maximum atomic E-state index is 13.0. The average Bonchev–Trinajstić information content (AvgIpc) is 3.01. The summed E-state index contributed by atoms with van der Waals surface area (Å²) in [6, 6.07) is 0. The summed E-state index contributed by atoms with van der Waals surface area (Å²) in [5, 5.41) is 11.9. The van der Waals surface area contributed by atoms with E-state index in [4.69, 9.17) is 4.74 Å². The molecule has 0 N–H and O–H groups in total. The molecule has 0 fully saturated rings. The number of carboxylic acid groups (broad SMARTS) is 1. The number of esters is 1. The summed E-state index contributed by atoms with van der Waals surface area (Å²) in [6.07, 6.45) is 40.9. The molecule has 0 spiro atoms. The predicted octanol–water partition coefficient (Wildman–Crippen LogP) is 12.0. The van der Waals surface area contributed by atoms with Crippen LogP contribution in [0.2, 0.25) is 0 Å². The molecule has 48 heavy (non-hydrogen) atoms. The molecule has 0 heterocycles. The van der Waals surface area contributed by atoms with Crippen LogP contribution >= 0.6 is 0 Å². The van der Waals surface area contributed by atoms with Crippen LogP contribution in [0.15, 0.2) is 0 Å². The van der Waals surface area contributed by atoms with Gasteiger partial charge in [0.2, 0.25) is 0 Å². The van der Waals surface area contributed by atoms with E-state index in [1.54, 1.807) is 0 Å². The van der Waals surface area contributed by atoms with Gasteiger partial charge < -0.3 is 19.1 Å². The number of nitrogens with zero attached hydrogens (tertiary/aromatic N) is 1. The van der Waals surface area contributed by atoms with Crippen molar-refractivity contribution < 1.29 is 23.9 Å². The minimum Gasteiger partial charge on any atom is -0.550 e. The molecule has 1 atom stereocenters. The first-order chi connectivity index (χ1) is 23.1. The molecule has 0 saturated carbocycles. The van der Waals surface area contributed by atoms with E-state index in [1.165, 1.54) is 161 Å². The molecular formula is C43H85NO4. The molecular weight excluding hydrogens is 594 g/mol. The quantitative estimate of drug-likeness (QED) is 0.0370. The van der Waals surface area contributed by atoms with Crippen LogP contribution in [0.3, 0.4) is 0 Å². The number of aliphatic carboxylic acids is 1. The van der Waals surface area contributed by atoms with Crippen molar-refractivity contribution in [2.24, 2.45) is 0 Å². The van der Waals surface area contributed by atoms with Crippen LogP contribution < -0.4 is 5.11 Å². The Morgan fingerprint density at radius 2 is 0.771 bits per heavy atom. The molecule has 0 radical (unpaired) electrons. The lowest BCUT2D eigenvalue weighted by Gasteiger charge is -2.39. The average molecular weight is 680 g/mol. The predicted molar refractivity (Wildman–Crippen MR) is 205 cm³/mol. The minimum absolute atomic E-state index is 0.216. The molecule has 0 bridgehead atoms. The summed E-state index contributed by atoms with van der Waals surface area (Å²) in [5.74, 6) is -1.37.